The van der Waals surface area contributed by atoms with Gasteiger partial charge in [0.2, 0.25) is 5.91 Å². The molecule has 0 fully saturated rings. The number of primary amides is 1. The van der Waals surface area contributed by atoms with Gasteiger partial charge in [-0.3, -0.25) is 4.79 Å². The van der Waals surface area contributed by atoms with E-state index in [2.05, 4.69) is 34.2 Å². The summed E-state index contributed by atoms with van der Waals surface area (Å²) in [5.41, 5.74) is 6.08. The van der Waals surface area contributed by atoms with Crippen molar-refractivity contribution in [1.82, 2.24) is 0 Å². The number of nitrogens with two attached hydrogens (primary N) is 1. The quantitative estimate of drug-likeness (QED) is 0.777. The highest BCUT2D eigenvalue weighted by Gasteiger charge is 2.08. The minimum atomic E-state index is -0.357. The van der Waals surface area contributed by atoms with Gasteiger partial charge >= 0.3 is 0 Å². The molecule has 112 valence electrons. The fourth-order valence-electron chi connectivity index (χ4n) is 1.80. The van der Waals surface area contributed by atoms with Crippen molar-refractivity contribution in [3.63, 3.8) is 0 Å². The molecule has 0 aliphatic heterocycles. The summed E-state index contributed by atoms with van der Waals surface area (Å²) in [4.78, 5) is 11.9. The summed E-state index contributed by atoms with van der Waals surface area (Å²) >= 11 is 5.19. The SMILES string of the molecule is CC(Nc1ccc(OCCC(N)=O)cc1)c1ccc(Br)s1. The van der Waals surface area contributed by atoms with Gasteiger partial charge in [0.15, 0.2) is 0 Å². The predicted molar refractivity (Wildman–Crippen MR) is 89.8 cm³/mol. The van der Waals surface area contributed by atoms with Crippen LogP contribution in [-0.4, -0.2) is 12.5 Å². The van der Waals surface area contributed by atoms with Crippen LogP contribution in [0.4, 0.5) is 5.69 Å². The first-order chi connectivity index (χ1) is 10.0. The molecule has 1 aromatic carbocycles. The third kappa shape index (κ3) is 5.06. The number of carbonyl (C=O) groups excluding carboxylic acids is 1. The van der Waals surface area contributed by atoms with E-state index in [1.807, 2.05) is 30.3 Å². The zero-order valence-electron chi connectivity index (χ0n) is 11.6. The lowest BCUT2D eigenvalue weighted by atomic mass is 10.2. The van der Waals surface area contributed by atoms with Gasteiger partial charge in [-0.05, 0) is 59.3 Å². The lowest BCUT2D eigenvalue weighted by Gasteiger charge is -2.14. The van der Waals surface area contributed by atoms with Gasteiger partial charge in [0, 0.05) is 10.6 Å². The van der Waals surface area contributed by atoms with Crippen molar-refractivity contribution in [1.29, 1.82) is 0 Å². The van der Waals surface area contributed by atoms with E-state index in [1.165, 1.54) is 4.88 Å². The zero-order valence-corrected chi connectivity index (χ0v) is 14.0. The van der Waals surface area contributed by atoms with Gasteiger partial charge in [0.05, 0.1) is 22.9 Å². The smallest absolute Gasteiger partial charge is 0.220 e. The van der Waals surface area contributed by atoms with E-state index >= 15 is 0 Å². The summed E-state index contributed by atoms with van der Waals surface area (Å²) in [6, 6.07) is 12.1. The van der Waals surface area contributed by atoms with Crippen molar-refractivity contribution >= 4 is 38.9 Å². The number of amides is 1. The first kappa shape index (κ1) is 15.9. The largest absolute Gasteiger partial charge is 0.493 e. The summed E-state index contributed by atoms with van der Waals surface area (Å²) in [5, 5.41) is 3.43. The third-order valence-electron chi connectivity index (χ3n) is 2.88. The Morgan fingerprint density at radius 1 is 1.33 bits per heavy atom. The highest BCUT2D eigenvalue weighted by atomic mass is 79.9. The molecule has 1 aromatic heterocycles. The Morgan fingerprint density at radius 2 is 2.05 bits per heavy atom. The maximum Gasteiger partial charge on any atom is 0.220 e. The molecule has 0 bridgehead atoms. The number of rotatable bonds is 7. The van der Waals surface area contributed by atoms with Crippen LogP contribution in [0.3, 0.4) is 0 Å². The number of thiophene rings is 1. The highest BCUT2D eigenvalue weighted by molar-refractivity contribution is 9.11. The van der Waals surface area contributed by atoms with Crippen LogP contribution in [0, 0.1) is 0 Å². The molecule has 1 heterocycles. The van der Waals surface area contributed by atoms with E-state index in [0.29, 0.717) is 6.61 Å². The first-order valence-electron chi connectivity index (χ1n) is 6.57. The molecule has 2 aromatic rings. The topological polar surface area (TPSA) is 64.3 Å². The Kier molecular flexibility index (Phi) is 5.64. The number of nitrogens with one attached hydrogen (secondary N) is 1. The first-order valence-corrected chi connectivity index (χ1v) is 8.18. The molecule has 0 saturated heterocycles. The van der Waals surface area contributed by atoms with E-state index in [9.17, 15) is 4.79 Å². The van der Waals surface area contributed by atoms with Crippen molar-refractivity contribution in [3.05, 3.63) is 45.1 Å². The molecule has 1 amide bonds. The van der Waals surface area contributed by atoms with Gasteiger partial charge in [0.25, 0.3) is 0 Å². The molecule has 0 aliphatic carbocycles. The monoisotopic (exact) mass is 368 g/mol. The molecule has 0 radical (unpaired) electrons. The Labute approximate surface area is 136 Å². The van der Waals surface area contributed by atoms with Crippen LogP contribution in [0.15, 0.2) is 40.2 Å². The van der Waals surface area contributed by atoms with Crippen molar-refractivity contribution in [2.45, 2.75) is 19.4 Å². The van der Waals surface area contributed by atoms with Gasteiger partial charge in [-0.15, -0.1) is 11.3 Å². The Hall–Kier alpha value is -1.53. The van der Waals surface area contributed by atoms with Crippen LogP contribution in [0.1, 0.15) is 24.3 Å². The molecule has 1 atom stereocenters. The number of anilines is 1. The van der Waals surface area contributed by atoms with Crippen molar-refractivity contribution in [3.8, 4) is 5.75 Å². The Bertz CT molecular complexity index is 598. The standard InChI is InChI=1S/C15H17BrN2O2S/c1-10(13-6-7-14(16)21-13)18-11-2-4-12(5-3-11)20-9-8-15(17)19/h2-7,10,18H,8-9H2,1H3,(H2,17,19). The second-order valence-corrected chi connectivity index (χ2v) is 7.09. The average molecular weight is 369 g/mol. The number of benzene rings is 1. The third-order valence-corrected chi connectivity index (χ3v) is 4.68. The van der Waals surface area contributed by atoms with E-state index in [0.717, 1.165) is 15.2 Å². The van der Waals surface area contributed by atoms with Gasteiger partial charge < -0.3 is 15.8 Å². The minimum Gasteiger partial charge on any atom is -0.493 e. The molecule has 3 N–H and O–H groups in total. The number of carbonyl (C=O) groups is 1. The fourth-order valence-corrected chi connectivity index (χ4v) is 3.22. The van der Waals surface area contributed by atoms with Gasteiger partial charge in [-0.25, -0.2) is 0 Å². The molecule has 0 saturated carbocycles. The minimum absolute atomic E-state index is 0.226. The van der Waals surface area contributed by atoms with Crippen molar-refractivity contribution in [2.75, 3.05) is 11.9 Å². The molecule has 1 unspecified atom stereocenters. The second-order valence-electron chi connectivity index (χ2n) is 4.60. The summed E-state index contributed by atoms with van der Waals surface area (Å²) in [5.74, 6) is 0.373. The molecule has 0 aliphatic rings. The van der Waals surface area contributed by atoms with E-state index in [1.54, 1.807) is 11.3 Å². The molecular formula is C15H17BrN2O2S. The zero-order chi connectivity index (χ0) is 15.2. The summed E-state index contributed by atoms with van der Waals surface area (Å²) in [6.07, 6.45) is 0.226. The van der Waals surface area contributed by atoms with Crippen LogP contribution < -0.4 is 15.8 Å². The number of ether oxygens (including phenoxy) is 1. The van der Waals surface area contributed by atoms with Crippen LogP contribution in [-0.2, 0) is 4.79 Å². The lowest BCUT2D eigenvalue weighted by Crippen LogP contribution is -2.14. The van der Waals surface area contributed by atoms with Crippen LogP contribution in [0.5, 0.6) is 5.75 Å². The molecule has 2 rings (SSSR count). The number of halogens is 1. The average Bonchev–Trinajstić information content (AvgIpc) is 2.87. The molecular weight excluding hydrogens is 352 g/mol. The van der Waals surface area contributed by atoms with Gasteiger partial charge in [-0.1, -0.05) is 0 Å². The number of hydrogen-bond donors (Lipinski definition) is 2. The van der Waals surface area contributed by atoms with Gasteiger partial charge in [-0.2, -0.15) is 0 Å². The molecule has 21 heavy (non-hydrogen) atoms. The Balaban J connectivity index is 1.88. The van der Waals surface area contributed by atoms with Crippen molar-refractivity contribution in [2.24, 2.45) is 5.73 Å². The van der Waals surface area contributed by atoms with Crippen molar-refractivity contribution < 1.29 is 9.53 Å². The highest BCUT2D eigenvalue weighted by Crippen LogP contribution is 2.29. The maximum absolute atomic E-state index is 10.6. The van der Waals surface area contributed by atoms with Crippen LogP contribution >= 0.6 is 27.3 Å². The van der Waals surface area contributed by atoms with Crippen LogP contribution in [0.2, 0.25) is 0 Å². The van der Waals surface area contributed by atoms with Gasteiger partial charge in [0.1, 0.15) is 5.75 Å². The predicted octanol–water partition coefficient (Wildman–Crippen LogP) is 3.94. The summed E-state index contributed by atoms with van der Waals surface area (Å²) in [7, 11) is 0. The maximum atomic E-state index is 10.6. The van der Waals surface area contributed by atoms with E-state index < -0.39 is 0 Å². The van der Waals surface area contributed by atoms with E-state index in [4.69, 9.17) is 10.5 Å². The molecule has 0 spiro atoms. The van der Waals surface area contributed by atoms with Crippen LogP contribution in [0.25, 0.3) is 0 Å². The normalized spacial score (nSPS) is 11.9. The summed E-state index contributed by atoms with van der Waals surface area (Å²) in [6.45, 7) is 2.43. The fraction of sp³-hybridized carbons (Fsp3) is 0.267. The van der Waals surface area contributed by atoms with E-state index in [-0.39, 0.29) is 18.4 Å². The molecule has 6 heteroatoms. The lowest BCUT2D eigenvalue weighted by molar-refractivity contribution is -0.118. The number of hydrogen-bond acceptors (Lipinski definition) is 4. The molecule has 4 nitrogen and oxygen atoms in total. The Morgan fingerprint density at radius 3 is 2.62 bits per heavy atom. The second kappa shape index (κ2) is 7.47. The summed E-state index contributed by atoms with van der Waals surface area (Å²) < 4.78 is 6.56.